The van der Waals surface area contributed by atoms with Crippen LogP contribution in [0.25, 0.3) is 0 Å². The van der Waals surface area contributed by atoms with Crippen molar-refractivity contribution in [3.05, 3.63) is 34.3 Å². The van der Waals surface area contributed by atoms with Gasteiger partial charge in [0.2, 0.25) is 5.91 Å². The van der Waals surface area contributed by atoms with Crippen molar-refractivity contribution in [3.63, 3.8) is 0 Å². The summed E-state index contributed by atoms with van der Waals surface area (Å²) in [4.78, 5) is 23.3. The zero-order chi connectivity index (χ0) is 16.0. The predicted octanol–water partition coefficient (Wildman–Crippen LogP) is 2.52. The van der Waals surface area contributed by atoms with E-state index < -0.39 is 11.5 Å². The fourth-order valence-corrected chi connectivity index (χ4v) is 3.15. The summed E-state index contributed by atoms with van der Waals surface area (Å²) in [6.07, 6.45) is 2.01. The zero-order valence-corrected chi connectivity index (χ0v) is 13.9. The van der Waals surface area contributed by atoms with Crippen LogP contribution in [0.3, 0.4) is 0 Å². The second kappa shape index (κ2) is 7.74. The van der Waals surface area contributed by atoms with Crippen molar-refractivity contribution < 1.29 is 19.4 Å². The molecule has 1 aliphatic rings. The minimum absolute atomic E-state index is 0.0566. The maximum absolute atomic E-state index is 12.2. The summed E-state index contributed by atoms with van der Waals surface area (Å²) in [6.45, 7) is 0.971. The van der Waals surface area contributed by atoms with Crippen molar-refractivity contribution >= 4 is 27.8 Å². The number of carboxylic acids is 1. The largest absolute Gasteiger partial charge is 0.481 e. The number of aryl methyl sites for hydroxylation is 1. The molecule has 0 aromatic heterocycles. The van der Waals surface area contributed by atoms with Crippen LogP contribution in [-0.4, -0.2) is 35.7 Å². The summed E-state index contributed by atoms with van der Waals surface area (Å²) in [5.74, 6) is -1.00. The molecular formula is C16H20BrNO4. The fraction of sp³-hybridized carbons (Fsp3) is 0.500. The highest BCUT2D eigenvalue weighted by molar-refractivity contribution is 9.10. The van der Waals surface area contributed by atoms with Crippen LogP contribution in [0.2, 0.25) is 0 Å². The van der Waals surface area contributed by atoms with E-state index in [1.165, 1.54) is 0 Å². The molecule has 1 heterocycles. The summed E-state index contributed by atoms with van der Waals surface area (Å²) in [7, 11) is 0. The van der Waals surface area contributed by atoms with Crippen LogP contribution < -0.4 is 5.32 Å². The third-order valence-electron chi connectivity index (χ3n) is 3.87. The lowest BCUT2D eigenvalue weighted by atomic mass is 9.86. The molecule has 1 saturated heterocycles. The number of hydrogen-bond donors (Lipinski definition) is 2. The molecule has 1 aromatic carbocycles. The maximum atomic E-state index is 12.2. The second-order valence-corrected chi connectivity index (χ2v) is 6.56. The molecule has 22 heavy (non-hydrogen) atoms. The van der Waals surface area contributed by atoms with E-state index in [-0.39, 0.29) is 12.3 Å². The number of halogens is 1. The first kappa shape index (κ1) is 17.0. The molecule has 0 saturated carbocycles. The van der Waals surface area contributed by atoms with Crippen LogP contribution in [0.4, 0.5) is 0 Å². The van der Waals surface area contributed by atoms with Gasteiger partial charge in [-0.1, -0.05) is 28.1 Å². The number of ether oxygens (including phenoxy) is 1. The molecule has 2 N–H and O–H groups in total. The Morgan fingerprint density at radius 1 is 1.32 bits per heavy atom. The normalized spacial score (nSPS) is 17.0. The van der Waals surface area contributed by atoms with Crippen molar-refractivity contribution in [3.8, 4) is 0 Å². The van der Waals surface area contributed by atoms with Crippen molar-refractivity contribution in [1.29, 1.82) is 0 Å². The molecule has 1 aromatic rings. The lowest BCUT2D eigenvalue weighted by Gasteiger charge is -2.36. The average molecular weight is 370 g/mol. The Morgan fingerprint density at radius 3 is 2.68 bits per heavy atom. The Hall–Kier alpha value is -1.40. The SMILES string of the molecule is O=C(O)CC1(NC(=O)CCc2cccc(Br)c2)CCOCC1. The number of benzene rings is 1. The van der Waals surface area contributed by atoms with E-state index in [1.807, 2.05) is 24.3 Å². The van der Waals surface area contributed by atoms with Crippen LogP contribution in [0.1, 0.15) is 31.2 Å². The number of amides is 1. The third-order valence-corrected chi connectivity index (χ3v) is 4.37. The van der Waals surface area contributed by atoms with Gasteiger partial charge in [-0.15, -0.1) is 0 Å². The Labute approximate surface area is 138 Å². The molecule has 6 heteroatoms. The highest BCUT2D eigenvalue weighted by Gasteiger charge is 2.36. The van der Waals surface area contributed by atoms with E-state index in [0.29, 0.717) is 38.9 Å². The van der Waals surface area contributed by atoms with E-state index in [0.717, 1.165) is 10.0 Å². The molecule has 1 amide bonds. The number of aliphatic carboxylic acids is 1. The Morgan fingerprint density at radius 2 is 2.05 bits per heavy atom. The van der Waals surface area contributed by atoms with Gasteiger partial charge in [-0.05, 0) is 37.0 Å². The molecule has 120 valence electrons. The van der Waals surface area contributed by atoms with Crippen LogP contribution in [0, 0.1) is 0 Å². The standard InChI is InChI=1S/C16H20BrNO4/c17-13-3-1-2-12(10-13)4-5-14(19)18-16(11-15(20)21)6-8-22-9-7-16/h1-3,10H,4-9,11H2,(H,18,19)(H,20,21). The second-order valence-electron chi connectivity index (χ2n) is 5.64. The van der Waals surface area contributed by atoms with Gasteiger partial charge >= 0.3 is 5.97 Å². The lowest BCUT2D eigenvalue weighted by Crippen LogP contribution is -2.53. The first-order chi connectivity index (χ1) is 10.5. The summed E-state index contributed by atoms with van der Waals surface area (Å²) in [5, 5.41) is 12.0. The number of carbonyl (C=O) groups excluding carboxylic acids is 1. The molecule has 0 spiro atoms. The molecular weight excluding hydrogens is 350 g/mol. The van der Waals surface area contributed by atoms with E-state index in [9.17, 15) is 9.59 Å². The summed E-state index contributed by atoms with van der Waals surface area (Å²) >= 11 is 3.40. The van der Waals surface area contributed by atoms with Gasteiger partial charge in [-0.25, -0.2) is 0 Å². The Balaban J connectivity index is 1.92. The minimum atomic E-state index is -0.894. The first-order valence-corrected chi connectivity index (χ1v) is 8.13. The average Bonchev–Trinajstić information content (AvgIpc) is 2.45. The lowest BCUT2D eigenvalue weighted by molar-refractivity contribution is -0.140. The zero-order valence-electron chi connectivity index (χ0n) is 12.3. The van der Waals surface area contributed by atoms with Crippen molar-refractivity contribution in [2.24, 2.45) is 0 Å². The number of rotatable bonds is 6. The minimum Gasteiger partial charge on any atom is -0.481 e. The van der Waals surface area contributed by atoms with Gasteiger partial charge in [-0.3, -0.25) is 9.59 Å². The Kier molecular flexibility index (Phi) is 5.97. The molecule has 1 fully saturated rings. The number of carboxylic acid groups (broad SMARTS) is 1. The predicted molar refractivity (Wildman–Crippen MR) is 85.6 cm³/mol. The molecule has 1 aliphatic heterocycles. The molecule has 0 aliphatic carbocycles. The molecule has 0 atom stereocenters. The number of hydrogen-bond acceptors (Lipinski definition) is 3. The van der Waals surface area contributed by atoms with Gasteiger partial charge in [0.1, 0.15) is 0 Å². The number of nitrogens with one attached hydrogen (secondary N) is 1. The van der Waals surface area contributed by atoms with Crippen LogP contribution in [0.15, 0.2) is 28.7 Å². The van der Waals surface area contributed by atoms with Gasteiger partial charge in [0, 0.05) is 24.1 Å². The molecule has 0 bridgehead atoms. The summed E-state index contributed by atoms with van der Waals surface area (Å²) < 4.78 is 6.26. The summed E-state index contributed by atoms with van der Waals surface area (Å²) in [5.41, 5.74) is 0.405. The van der Waals surface area contributed by atoms with Crippen LogP contribution in [0.5, 0.6) is 0 Å². The first-order valence-electron chi connectivity index (χ1n) is 7.34. The van der Waals surface area contributed by atoms with E-state index >= 15 is 0 Å². The van der Waals surface area contributed by atoms with Crippen LogP contribution >= 0.6 is 15.9 Å². The number of carbonyl (C=O) groups is 2. The van der Waals surface area contributed by atoms with E-state index in [2.05, 4.69) is 21.2 Å². The van der Waals surface area contributed by atoms with Gasteiger partial charge in [0.25, 0.3) is 0 Å². The van der Waals surface area contributed by atoms with Crippen molar-refractivity contribution in [2.45, 2.75) is 37.6 Å². The molecule has 0 unspecified atom stereocenters. The Bertz CT molecular complexity index is 541. The van der Waals surface area contributed by atoms with Crippen molar-refractivity contribution in [1.82, 2.24) is 5.32 Å². The van der Waals surface area contributed by atoms with Crippen LogP contribution in [-0.2, 0) is 20.7 Å². The van der Waals surface area contributed by atoms with Gasteiger partial charge in [0.05, 0.1) is 12.0 Å². The van der Waals surface area contributed by atoms with E-state index in [1.54, 1.807) is 0 Å². The monoisotopic (exact) mass is 369 g/mol. The third kappa shape index (κ3) is 5.10. The molecule has 2 rings (SSSR count). The smallest absolute Gasteiger partial charge is 0.305 e. The molecule has 0 radical (unpaired) electrons. The van der Waals surface area contributed by atoms with Gasteiger partial charge in [0.15, 0.2) is 0 Å². The van der Waals surface area contributed by atoms with E-state index in [4.69, 9.17) is 9.84 Å². The quantitative estimate of drug-likeness (QED) is 0.807. The summed E-state index contributed by atoms with van der Waals surface area (Å²) in [6, 6.07) is 7.82. The fourth-order valence-electron chi connectivity index (χ4n) is 2.71. The van der Waals surface area contributed by atoms with Gasteiger partial charge < -0.3 is 15.2 Å². The highest BCUT2D eigenvalue weighted by Crippen LogP contribution is 2.25. The van der Waals surface area contributed by atoms with Crippen molar-refractivity contribution in [2.75, 3.05) is 13.2 Å². The van der Waals surface area contributed by atoms with Gasteiger partial charge in [-0.2, -0.15) is 0 Å². The molecule has 5 nitrogen and oxygen atoms in total. The topological polar surface area (TPSA) is 75.6 Å². The highest BCUT2D eigenvalue weighted by atomic mass is 79.9. The maximum Gasteiger partial charge on any atom is 0.305 e.